The van der Waals surface area contributed by atoms with Gasteiger partial charge in [-0.25, -0.2) is 9.37 Å². The second-order valence-corrected chi connectivity index (χ2v) is 12.8. The number of rotatable bonds is 11. The lowest BCUT2D eigenvalue weighted by Gasteiger charge is -2.37. The highest BCUT2D eigenvalue weighted by atomic mass is 19.1. The van der Waals surface area contributed by atoms with Gasteiger partial charge in [0, 0.05) is 12.0 Å². The van der Waals surface area contributed by atoms with Gasteiger partial charge in [0.25, 0.3) is 0 Å². The van der Waals surface area contributed by atoms with Crippen molar-refractivity contribution in [3.63, 3.8) is 0 Å². The fourth-order valence-electron chi connectivity index (χ4n) is 6.30. The van der Waals surface area contributed by atoms with Crippen LogP contribution in [0.5, 0.6) is 0 Å². The molecule has 2 N–H and O–H groups in total. The first kappa shape index (κ1) is 31.1. The van der Waals surface area contributed by atoms with E-state index in [-0.39, 0.29) is 11.2 Å². The summed E-state index contributed by atoms with van der Waals surface area (Å²) in [6.45, 7) is 6.79. The van der Waals surface area contributed by atoms with E-state index in [0.29, 0.717) is 12.1 Å². The second kappa shape index (κ2) is 13.2. The van der Waals surface area contributed by atoms with E-state index in [1.807, 2.05) is 24.3 Å². The number of imidazole rings is 1. The molecule has 0 saturated carbocycles. The third kappa shape index (κ3) is 6.29. The molecule has 2 aromatic heterocycles. The first-order chi connectivity index (χ1) is 22.3. The van der Waals surface area contributed by atoms with Crippen LogP contribution in [0.3, 0.4) is 0 Å². The van der Waals surface area contributed by atoms with Crippen LogP contribution in [0.15, 0.2) is 134 Å². The van der Waals surface area contributed by atoms with E-state index in [4.69, 9.17) is 4.98 Å². The van der Waals surface area contributed by atoms with Crippen LogP contribution in [0.25, 0.3) is 11.3 Å². The predicted molar refractivity (Wildman–Crippen MR) is 183 cm³/mol. The van der Waals surface area contributed by atoms with Gasteiger partial charge in [-0.3, -0.25) is 4.98 Å². The SMILES string of the molecule is CCC(C)(C)Cc1nc(CC(O)c2ccc(-c3ccc(F)cn3)cc2)[nH]c1C(c1ccccc1)(c1ccccc1)c1ccccc1. The summed E-state index contributed by atoms with van der Waals surface area (Å²) in [5.41, 5.74) is 7.12. The van der Waals surface area contributed by atoms with Gasteiger partial charge in [0.15, 0.2) is 0 Å². The van der Waals surface area contributed by atoms with Gasteiger partial charge in [0.05, 0.1) is 34.8 Å². The largest absolute Gasteiger partial charge is 0.388 e. The fourth-order valence-corrected chi connectivity index (χ4v) is 6.30. The first-order valence-corrected chi connectivity index (χ1v) is 15.9. The number of aromatic amines is 1. The molecule has 0 fully saturated rings. The zero-order chi connectivity index (χ0) is 32.1. The summed E-state index contributed by atoms with van der Waals surface area (Å²) in [6.07, 6.45) is 2.54. The number of H-pyrrole nitrogens is 1. The molecule has 0 aliphatic rings. The molecule has 6 rings (SSSR count). The maximum atomic E-state index is 13.4. The van der Waals surface area contributed by atoms with E-state index >= 15 is 0 Å². The molecule has 0 saturated heterocycles. The molecule has 0 aliphatic heterocycles. The fraction of sp³-hybridized carbons (Fsp3) is 0.220. The summed E-state index contributed by atoms with van der Waals surface area (Å²) in [7, 11) is 0. The first-order valence-electron chi connectivity index (χ1n) is 15.9. The van der Waals surface area contributed by atoms with Gasteiger partial charge in [-0.05, 0) is 46.2 Å². The minimum absolute atomic E-state index is 0.0137. The lowest BCUT2D eigenvalue weighted by Crippen LogP contribution is -2.33. The van der Waals surface area contributed by atoms with Gasteiger partial charge in [-0.1, -0.05) is 142 Å². The molecular formula is C41H40FN3O. The highest BCUT2D eigenvalue weighted by Crippen LogP contribution is 2.46. The van der Waals surface area contributed by atoms with Crippen LogP contribution in [0.4, 0.5) is 4.39 Å². The summed E-state index contributed by atoms with van der Waals surface area (Å²) >= 11 is 0. The number of nitrogens with zero attached hydrogens (tertiary/aromatic N) is 2. The number of hydrogen-bond donors (Lipinski definition) is 2. The highest BCUT2D eigenvalue weighted by Gasteiger charge is 2.42. The Hall–Kier alpha value is -4.87. The van der Waals surface area contributed by atoms with Crippen LogP contribution in [-0.2, 0) is 18.3 Å². The summed E-state index contributed by atoms with van der Waals surface area (Å²) in [4.78, 5) is 13.2. The van der Waals surface area contributed by atoms with Gasteiger partial charge in [-0.2, -0.15) is 0 Å². The minimum atomic E-state index is -0.777. The van der Waals surface area contributed by atoms with E-state index in [9.17, 15) is 9.50 Å². The van der Waals surface area contributed by atoms with Crippen molar-refractivity contribution in [1.82, 2.24) is 15.0 Å². The third-order valence-corrected chi connectivity index (χ3v) is 9.13. The molecule has 0 radical (unpaired) electrons. The molecule has 4 aromatic carbocycles. The topological polar surface area (TPSA) is 61.8 Å². The Kier molecular flexibility index (Phi) is 8.96. The van der Waals surface area contributed by atoms with Gasteiger partial charge in [-0.15, -0.1) is 0 Å². The monoisotopic (exact) mass is 609 g/mol. The van der Waals surface area contributed by atoms with Crippen molar-refractivity contribution >= 4 is 0 Å². The number of benzene rings is 4. The molecule has 232 valence electrons. The van der Waals surface area contributed by atoms with Crippen molar-refractivity contribution in [3.8, 4) is 11.3 Å². The van der Waals surface area contributed by atoms with Crippen molar-refractivity contribution in [2.75, 3.05) is 0 Å². The van der Waals surface area contributed by atoms with Crippen LogP contribution < -0.4 is 0 Å². The Morgan fingerprint density at radius 2 is 1.28 bits per heavy atom. The number of aromatic nitrogens is 3. The standard InChI is InChI=1S/C41H40FN3O/c1-4-40(2,3)27-36-39(41(31-14-8-5-9-15-31,32-16-10-6-11-17-32)33-18-12-7-13-19-33)45-38(44-36)26-37(46)30-22-20-29(21-23-30)35-25-24-34(42)28-43-35/h5-25,28,37,46H,4,26-27H2,1-3H3,(H,44,45). The van der Waals surface area contributed by atoms with Crippen LogP contribution in [0, 0.1) is 11.2 Å². The lowest BCUT2D eigenvalue weighted by molar-refractivity contribution is 0.176. The Labute approximate surface area is 271 Å². The molecule has 46 heavy (non-hydrogen) atoms. The summed E-state index contributed by atoms with van der Waals surface area (Å²) in [6, 6.07) is 42.6. The number of pyridine rings is 1. The summed E-state index contributed by atoms with van der Waals surface area (Å²) < 4.78 is 13.4. The van der Waals surface area contributed by atoms with E-state index in [1.165, 1.54) is 12.3 Å². The highest BCUT2D eigenvalue weighted by molar-refractivity contribution is 5.60. The van der Waals surface area contributed by atoms with Gasteiger partial charge >= 0.3 is 0 Å². The molecule has 2 heterocycles. The van der Waals surface area contributed by atoms with E-state index in [1.54, 1.807) is 6.07 Å². The molecule has 1 atom stereocenters. The predicted octanol–water partition coefficient (Wildman–Crippen LogP) is 9.25. The lowest BCUT2D eigenvalue weighted by atomic mass is 9.66. The molecule has 5 heteroatoms. The number of aliphatic hydroxyl groups excluding tert-OH is 1. The van der Waals surface area contributed by atoms with Crippen LogP contribution in [0.1, 0.15) is 72.8 Å². The maximum Gasteiger partial charge on any atom is 0.141 e. The number of nitrogens with one attached hydrogen (secondary N) is 1. The smallest absolute Gasteiger partial charge is 0.141 e. The summed E-state index contributed by atoms with van der Waals surface area (Å²) in [5, 5.41) is 11.5. The van der Waals surface area contributed by atoms with Crippen molar-refractivity contribution in [3.05, 3.63) is 179 Å². The average molecular weight is 610 g/mol. The molecule has 0 bridgehead atoms. The maximum absolute atomic E-state index is 13.4. The molecule has 1 unspecified atom stereocenters. The Morgan fingerprint density at radius 3 is 1.76 bits per heavy atom. The second-order valence-electron chi connectivity index (χ2n) is 12.8. The number of hydrogen-bond acceptors (Lipinski definition) is 3. The van der Waals surface area contributed by atoms with Gasteiger partial charge in [0.1, 0.15) is 11.6 Å². The van der Waals surface area contributed by atoms with Crippen LogP contribution in [-0.4, -0.2) is 20.1 Å². The molecular weight excluding hydrogens is 569 g/mol. The molecule has 0 aliphatic carbocycles. The van der Waals surface area contributed by atoms with Crippen LogP contribution >= 0.6 is 0 Å². The molecule has 4 nitrogen and oxygen atoms in total. The molecule has 6 aromatic rings. The summed E-state index contributed by atoms with van der Waals surface area (Å²) in [5.74, 6) is 0.368. The van der Waals surface area contributed by atoms with Gasteiger partial charge in [0.2, 0.25) is 0 Å². The minimum Gasteiger partial charge on any atom is -0.388 e. The van der Waals surface area contributed by atoms with Crippen molar-refractivity contribution in [2.24, 2.45) is 5.41 Å². The average Bonchev–Trinajstić information content (AvgIpc) is 3.48. The molecule has 0 amide bonds. The Bertz CT molecular complexity index is 1750. The quantitative estimate of drug-likeness (QED) is 0.144. The zero-order valence-corrected chi connectivity index (χ0v) is 26.6. The van der Waals surface area contributed by atoms with E-state index in [0.717, 1.165) is 57.9 Å². The zero-order valence-electron chi connectivity index (χ0n) is 26.6. The Balaban J connectivity index is 1.47. The number of aliphatic hydroxyl groups is 1. The van der Waals surface area contributed by atoms with Crippen molar-refractivity contribution < 1.29 is 9.50 Å². The normalized spacial score (nSPS) is 12.6. The number of halogens is 1. The van der Waals surface area contributed by atoms with Gasteiger partial charge < -0.3 is 10.1 Å². The third-order valence-electron chi connectivity index (χ3n) is 9.13. The van der Waals surface area contributed by atoms with Crippen molar-refractivity contribution in [1.29, 1.82) is 0 Å². The Morgan fingerprint density at radius 1 is 0.739 bits per heavy atom. The van der Waals surface area contributed by atoms with E-state index in [2.05, 4.69) is 122 Å². The van der Waals surface area contributed by atoms with Crippen molar-refractivity contribution in [2.45, 2.75) is 51.6 Å². The van der Waals surface area contributed by atoms with Crippen LogP contribution in [0.2, 0.25) is 0 Å². The molecule has 0 spiro atoms. The van der Waals surface area contributed by atoms with E-state index < -0.39 is 11.5 Å².